The molecule has 3 aromatic rings. The number of para-hydroxylation sites is 1. The van der Waals surface area contributed by atoms with Crippen LogP contribution in [0.2, 0.25) is 0 Å². The van der Waals surface area contributed by atoms with Gasteiger partial charge in [-0.3, -0.25) is 4.79 Å². The number of aromatic amines is 1. The SMILES string of the molecule is O=C1Cc2cc(S(=O)(=O)N3CCc4[nH]c5ccccc5c4C3)ccc2N1. The highest BCUT2D eigenvalue weighted by Gasteiger charge is 2.31. The first-order valence-electron chi connectivity index (χ1n) is 8.54. The summed E-state index contributed by atoms with van der Waals surface area (Å²) in [5.41, 5.74) is 4.64. The summed E-state index contributed by atoms with van der Waals surface area (Å²) in [4.78, 5) is 15.2. The minimum Gasteiger partial charge on any atom is -0.358 e. The van der Waals surface area contributed by atoms with Gasteiger partial charge >= 0.3 is 0 Å². The van der Waals surface area contributed by atoms with Gasteiger partial charge in [0.2, 0.25) is 15.9 Å². The van der Waals surface area contributed by atoms with Gasteiger partial charge in [-0.05, 0) is 35.4 Å². The normalized spacial score (nSPS) is 17.2. The zero-order valence-corrected chi connectivity index (χ0v) is 14.8. The number of carbonyl (C=O) groups excluding carboxylic acids is 1. The Kier molecular flexibility index (Phi) is 3.26. The van der Waals surface area contributed by atoms with Crippen molar-refractivity contribution < 1.29 is 13.2 Å². The van der Waals surface area contributed by atoms with Crippen LogP contribution in [0.5, 0.6) is 0 Å². The van der Waals surface area contributed by atoms with Crippen LogP contribution in [0.15, 0.2) is 47.4 Å². The second-order valence-electron chi connectivity index (χ2n) is 6.76. The third-order valence-electron chi connectivity index (χ3n) is 5.19. The number of fused-ring (bicyclic) bond motifs is 4. The minimum atomic E-state index is -3.61. The lowest BCUT2D eigenvalue weighted by molar-refractivity contribution is -0.115. The molecule has 7 heteroatoms. The van der Waals surface area contributed by atoms with E-state index in [0.717, 1.165) is 27.7 Å². The lowest BCUT2D eigenvalue weighted by Crippen LogP contribution is -2.35. The van der Waals surface area contributed by atoms with Crippen LogP contribution in [0, 0.1) is 0 Å². The summed E-state index contributed by atoms with van der Waals surface area (Å²) in [6.07, 6.45) is 0.888. The van der Waals surface area contributed by atoms with Gasteiger partial charge in [0.15, 0.2) is 0 Å². The molecule has 1 aromatic heterocycles. The molecule has 0 saturated heterocycles. The lowest BCUT2D eigenvalue weighted by atomic mass is 10.1. The molecule has 0 atom stereocenters. The quantitative estimate of drug-likeness (QED) is 0.730. The Morgan fingerprint density at radius 1 is 1.08 bits per heavy atom. The molecule has 2 aliphatic rings. The van der Waals surface area contributed by atoms with Crippen molar-refractivity contribution in [2.24, 2.45) is 0 Å². The Labute approximate surface area is 150 Å². The fourth-order valence-electron chi connectivity index (χ4n) is 3.86. The van der Waals surface area contributed by atoms with Crippen molar-refractivity contribution in [1.82, 2.24) is 9.29 Å². The number of hydrogen-bond acceptors (Lipinski definition) is 3. The molecule has 2 N–H and O–H groups in total. The molecule has 0 spiro atoms. The third kappa shape index (κ3) is 2.28. The molecule has 0 bridgehead atoms. The number of amides is 1. The highest BCUT2D eigenvalue weighted by Crippen LogP contribution is 2.32. The van der Waals surface area contributed by atoms with Crippen molar-refractivity contribution >= 4 is 32.5 Å². The lowest BCUT2D eigenvalue weighted by Gasteiger charge is -2.26. The summed E-state index contributed by atoms with van der Waals surface area (Å²) in [7, 11) is -3.61. The van der Waals surface area contributed by atoms with E-state index in [4.69, 9.17) is 0 Å². The molecule has 132 valence electrons. The highest BCUT2D eigenvalue weighted by molar-refractivity contribution is 7.89. The molecule has 1 amide bonds. The number of aromatic nitrogens is 1. The number of nitrogens with zero attached hydrogens (tertiary/aromatic N) is 1. The van der Waals surface area contributed by atoms with Gasteiger partial charge in [0.05, 0.1) is 11.3 Å². The van der Waals surface area contributed by atoms with Gasteiger partial charge in [-0.1, -0.05) is 18.2 Å². The summed E-state index contributed by atoms with van der Waals surface area (Å²) >= 11 is 0. The van der Waals surface area contributed by atoms with Gasteiger partial charge in [-0.25, -0.2) is 8.42 Å². The van der Waals surface area contributed by atoms with Gasteiger partial charge in [-0.2, -0.15) is 4.31 Å². The molecular weight excluding hydrogens is 350 g/mol. The average molecular weight is 367 g/mol. The van der Waals surface area contributed by atoms with E-state index in [1.54, 1.807) is 18.2 Å². The predicted octanol–water partition coefficient (Wildman–Crippen LogP) is 2.41. The summed E-state index contributed by atoms with van der Waals surface area (Å²) in [5.74, 6) is -0.101. The molecule has 6 nitrogen and oxygen atoms in total. The number of H-pyrrole nitrogens is 1. The van der Waals surface area contributed by atoms with Gasteiger partial charge in [-0.15, -0.1) is 0 Å². The van der Waals surface area contributed by atoms with E-state index in [2.05, 4.69) is 10.3 Å². The molecule has 0 unspecified atom stereocenters. The topological polar surface area (TPSA) is 82.3 Å². The maximum Gasteiger partial charge on any atom is 0.243 e. The zero-order chi connectivity index (χ0) is 17.9. The van der Waals surface area contributed by atoms with E-state index in [0.29, 0.717) is 25.2 Å². The molecule has 3 heterocycles. The number of benzene rings is 2. The minimum absolute atomic E-state index is 0.101. The molecular formula is C19H17N3O3S. The Hall–Kier alpha value is -2.64. The highest BCUT2D eigenvalue weighted by atomic mass is 32.2. The Balaban J connectivity index is 1.52. The fraction of sp³-hybridized carbons (Fsp3) is 0.211. The third-order valence-corrected chi connectivity index (χ3v) is 7.03. The Bertz CT molecular complexity index is 1160. The molecule has 26 heavy (non-hydrogen) atoms. The van der Waals surface area contributed by atoms with Gasteiger partial charge in [0.25, 0.3) is 0 Å². The first-order chi connectivity index (χ1) is 12.5. The predicted molar refractivity (Wildman–Crippen MR) is 98.4 cm³/mol. The number of rotatable bonds is 2. The average Bonchev–Trinajstić information content (AvgIpc) is 3.19. The molecule has 2 aliphatic heterocycles. The largest absolute Gasteiger partial charge is 0.358 e. The second-order valence-corrected chi connectivity index (χ2v) is 8.70. The Morgan fingerprint density at radius 3 is 2.81 bits per heavy atom. The van der Waals surface area contributed by atoms with Crippen LogP contribution in [0.3, 0.4) is 0 Å². The van der Waals surface area contributed by atoms with E-state index < -0.39 is 10.0 Å². The first-order valence-corrected chi connectivity index (χ1v) is 9.98. The van der Waals surface area contributed by atoms with E-state index >= 15 is 0 Å². The van der Waals surface area contributed by atoms with Crippen molar-refractivity contribution in [3.8, 4) is 0 Å². The van der Waals surface area contributed by atoms with Crippen molar-refractivity contribution in [3.05, 3.63) is 59.3 Å². The van der Waals surface area contributed by atoms with Crippen molar-refractivity contribution in [1.29, 1.82) is 0 Å². The van der Waals surface area contributed by atoms with Crippen LogP contribution in [0.1, 0.15) is 16.8 Å². The smallest absolute Gasteiger partial charge is 0.243 e. The second kappa shape index (κ2) is 5.43. The maximum absolute atomic E-state index is 13.1. The molecule has 0 radical (unpaired) electrons. The number of carbonyl (C=O) groups is 1. The van der Waals surface area contributed by atoms with Gasteiger partial charge < -0.3 is 10.3 Å². The van der Waals surface area contributed by atoms with Crippen LogP contribution < -0.4 is 5.32 Å². The number of hydrogen-bond donors (Lipinski definition) is 2. The van der Waals surface area contributed by atoms with E-state index in [-0.39, 0.29) is 17.2 Å². The van der Waals surface area contributed by atoms with Crippen LogP contribution in [-0.2, 0) is 34.2 Å². The molecule has 5 rings (SSSR count). The first kappa shape index (κ1) is 15.6. The molecule has 0 fully saturated rings. The number of anilines is 1. The fourth-order valence-corrected chi connectivity index (χ4v) is 5.32. The summed E-state index contributed by atoms with van der Waals surface area (Å²) < 4.78 is 27.8. The monoisotopic (exact) mass is 367 g/mol. The molecule has 0 aliphatic carbocycles. The van der Waals surface area contributed by atoms with Crippen molar-refractivity contribution in [2.45, 2.75) is 24.3 Å². The number of sulfonamides is 1. The van der Waals surface area contributed by atoms with E-state index in [1.165, 1.54) is 4.31 Å². The summed E-state index contributed by atoms with van der Waals surface area (Å²) in [6.45, 7) is 0.798. The molecule has 2 aromatic carbocycles. The van der Waals surface area contributed by atoms with Crippen LogP contribution in [-0.4, -0.2) is 30.2 Å². The van der Waals surface area contributed by atoms with Crippen LogP contribution in [0.25, 0.3) is 10.9 Å². The van der Waals surface area contributed by atoms with Crippen molar-refractivity contribution in [3.63, 3.8) is 0 Å². The number of nitrogens with one attached hydrogen (secondary N) is 2. The van der Waals surface area contributed by atoms with Crippen molar-refractivity contribution in [2.75, 3.05) is 11.9 Å². The standard InChI is InChI=1S/C19H17N3O3S/c23-19-10-12-9-13(5-6-16(12)21-19)26(24,25)22-8-7-18-15(11-22)14-3-1-2-4-17(14)20-18/h1-6,9,20H,7-8,10-11H2,(H,21,23). The zero-order valence-electron chi connectivity index (χ0n) is 14.0. The Morgan fingerprint density at radius 2 is 1.92 bits per heavy atom. The van der Waals surface area contributed by atoms with E-state index in [1.807, 2.05) is 24.3 Å². The van der Waals surface area contributed by atoms with Gasteiger partial charge in [0, 0.05) is 41.8 Å². The van der Waals surface area contributed by atoms with Gasteiger partial charge in [0.1, 0.15) is 0 Å². The maximum atomic E-state index is 13.1. The van der Waals surface area contributed by atoms with Crippen LogP contribution >= 0.6 is 0 Å². The van der Waals surface area contributed by atoms with E-state index in [9.17, 15) is 13.2 Å². The van der Waals surface area contributed by atoms with Crippen LogP contribution in [0.4, 0.5) is 5.69 Å². The summed E-state index contributed by atoms with van der Waals surface area (Å²) in [6, 6.07) is 12.8. The summed E-state index contributed by atoms with van der Waals surface area (Å²) in [5, 5.41) is 3.81. The molecule has 0 saturated carbocycles.